The van der Waals surface area contributed by atoms with Crippen molar-refractivity contribution in [2.45, 2.75) is 21.7 Å². The van der Waals surface area contributed by atoms with Gasteiger partial charge < -0.3 is 9.80 Å². The van der Waals surface area contributed by atoms with Gasteiger partial charge in [-0.15, -0.1) is 24.2 Å². The summed E-state index contributed by atoms with van der Waals surface area (Å²) < 4.78 is 28.3. The zero-order valence-electron chi connectivity index (χ0n) is 18.1. The molecule has 2 aromatic heterocycles. The molecule has 3 rings (SSSR count). The van der Waals surface area contributed by atoms with Gasteiger partial charge >= 0.3 is 0 Å². The summed E-state index contributed by atoms with van der Waals surface area (Å²) in [6.07, 6.45) is 1.77. The highest BCUT2D eigenvalue weighted by Crippen LogP contribution is 2.32. The zero-order valence-corrected chi connectivity index (χ0v) is 20.5. The molecule has 31 heavy (non-hydrogen) atoms. The van der Waals surface area contributed by atoms with Gasteiger partial charge in [0.2, 0.25) is 9.84 Å². The minimum atomic E-state index is -3.86. The molecule has 0 aliphatic carbocycles. The van der Waals surface area contributed by atoms with Crippen molar-refractivity contribution in [2.75, 3.05) is 40.5 Å². The smallest absolute Gasteiger partial charge is 0.272 e. The van der Waals surface area contributed by atoms with Crippen LogP contribution >= 0.6 is 24.2 Å². The lowest BCUT2D eigenvalue weighted by atomic mass is 10.3. The summed E-state index contributed by atoms with van der Waals surface area (Å²) in [5, 5.41) is 4.78. The number of likely N-dealkylation sites (N-methyl/N-ethyl adjacent to an activating group) is 2. The fourth-order valence-corrected chi connectivity index (χ4v) is 5.38. The summed E-state index contributed by atoms with van der Waals surface area (Å²) in [7, 11) is 1.71. The molecule has 0 atom stereocenters. The molecular formula is C20H26ClN5O3S2. The van der Waals surface area contributed by atoms with Crippen molar-refractivity contribution in [1.29, 1.82) is 0 Å². The van der Waals surface area contributed by atoms with Crippen molar-refractivity contribution < 1.29 is 13.2 Å². The Morgan fingerprint density at radius 3 is 2.35 bits per heavy atom. The molecule has 0 radical (unpaired) electrons. The van der Waals surface area contributed by atoms with Gasteiger partial charge in [0.15, 0.2) is 10.5 Å². The van der Waals surface area contributed by atoms with Crippen LogP contribution in [0.15, 0.2) is 51.2 Å². The number of carbonyl (C=O) groups excluding carboxylic acids is 1. The molecule has 0 fully saturated rings. The fraction of sp³-hybridized carbons (Fsp3) is 0.350. The monoisotopic (exact) mass is 483 g/mol. The molecule has 1 amide bonds. The van der Waals surface area contributed by atoms with E-state index in [1.165, 1.54) is 16.3 Å². The van der Waals surface area contributed by atoms with Crippen molar-refractivity contribution in [3.05, 3.63) is 47.8 Å². The summed E-state index contributed by atoms with van der Waals surface area (Å²) in [6.45, 7) is 3.02. The molecule has 0 saturated carbocycles. The number of thioether (sulfide) groups is 1. The van der Waals surface area contributed by atoms with Crippen LogP contribution in [0.3, 0.4) is 0 Å². The summed E-state index contributed by atoms with van der Waals surface area (Å²) in [6, 6.07) is 9.82. The molecule has 0 unspecified atom stereocenters. The summed E-state index contributed by atoms with van der Waals surface area (Å²) in [4.78, 5) is 21.1. The highest BCUT2D eigenvalue weighted by molar-refractivity contribution is 7.99. The van der Waals surface area contributed by atoms with Crippen LogP contribution in [0.25, 0.3) is 5.65 Å². The van der Waals surface area contributed by atoms with Crippen molar-refractivity contribution in [3.8, 4) is 0 Å². The van der Waals surface area contributed by atoms with Crippen molar-refractivity contribution in [2.24, 2.45) is 0 Å². The third kappa shape index (κ3) is 5.03. The van der Waals surface area contributed by atoms with Gasteiger partial charge in [0.05, 0.1) is 4.90 Å². The number of sulfone groups is 1. The van der Waals surface area contributed by atoms with Crippen LogP contribution in [0.1, 0.15) is 16.2 Å². The van der Waals surface area contributed by atoms with E-state index in [0.29, 0.717) is 23.8 Å². The molecule has 11 heteroatoms. The van der Waals surface area contributed by atoms with Crippen molar-refractivity contribution >= 4 is 45.6 Å². The summed E-state index contributed by atoms with van der Waals surface area (Å²) in [5.74, 6) is -0.266. The standard InChI is InChI=1S/C20H25N5O3S2.ClH/c1-14-13-16(20(26)24(4)12-11-23(2)3)21-18-17(19(29-5)22-25(14)18)30(27,28)15-9-7-6-8-10-15;/h6-10,13H,11-12H2,1-5H3;1H. The molecule has 2 heterocycles. The third-order valence-electron chi connectivity index (χ3n) is 4.66. The Morgan fingerprint density at radius 1 is 1.13 bits per heavy atom. The van der Waals surface area contributed by atoms with Gasteiger partial charge in [-0.2, -0.15) is 5.10 Å². The lowest BCUT2D eigenvalue weighted by molar-refractivity contribution is 0.0780. The van der Waals surface area contributed by atoms with Gasteiger partial charge in [0, 0.05) is 25.8 Å². The minimum Gasteiger partial charge on any atom is -0.339 e. The Hall–Kier alpha value is -2.14. The molecule has 3 aromatic rings. The topological polar surface area (TPSA) is 87.9 Å². The lowest BCUT2D eigenvalue weighted by Gasteiger charge is -2.19. The van der Waals surface area contributed by atoms with Crippen LogP contribution in [-0.2, 0) is 9.84 Å². The van der Waals surface area contributed by atoms with Crippen LogP contribution in [0.5, 0.6) is 0 Å². The number of aryl methyl sites for hydroxylation is 1. The van der Waals surface area contributed by atoms with E-state index < -0.39 is 9.84 Å². The first kappa shape index (κ1) is 25.1. The quantitative estimate of drug-likeness (QED) is 0.477. The number of benzene rings is 1. The van der Waals surface area contributed by atoms with Gasteiger partial charge in [-0.25, -0.2) is 17.9 Å². The maximum absolute atomic E-state index is 13.4. The Labute approximate surface area is 193 Å². The highest BCUT2D eigenvalue weighted by Gasteiger charge is 2.30. The maximum atomic E-state index is 13.4. The molecule has 8 nitrogen and oxygen atoms in total. The molecule has 168 valence electrons. The molecule has 0 bridgehead atoms. The van der Waals surface area contributed by atoms with Crippen LogP contribution in [0.2, 0.25) is 0 Å². The third-order valence-corrected chi connectivity index (χ3v) is 7.27. The van der Waals surface area contributed by atoms with E-state index in [2.05, 4.69) is 10.1 Å². The second kappa shape index (κ2) is 9.99. The van der Waals surface area contributed by atoms with E-state index in [1.807, 2.05) is 19.0 Å². The lowest BCUT2D eigenvalue weighted by Crippen LogP contribution is -2.34. The minimum absolute atomic E-state index is 0. The van der Waals surface area contributed by atoms with E-state index in [4.69, 9.17) is 0 Å². The number of aromatic nitrogens is 3. The molecule has 0 aliphatic heterocycles. The van der Waals surface area contributed by atoms with E-state index in [9.17, 15) is 13.2 Å². The van der Waals surface area contributed by atoms with Crippen LogP contribution in [0, 0.1) is 6.92 Å². The number of carbonyl (C=O) groups is 1. The Balaban J connectivity index is 0.00000341. The molecule has 0 aliphatic rings. The highest BCUT2D eigenvalue weighted by atomic mass is 35.5. The average Bonchev–Trinajstić information content (AvgIpc) is 3.12. The molecule has 1 aromatic carbocycles. The second-order valence-corrected chi connectivity index (χ2v) is 9.88. The van der Waals surface area contributed by atoms with E-state index in [1.54, 1.807) is 61.5 Å². The average molecular weight is 484 g/mol. The van der Waals surface area contributed by atoms with Gasteiger partial charge in [0.1, 0.15) is 10.7 Å². The Morgan fingerprint density at radius 2 is 1.77 bits per heavy atom. The predicted octanol–water partition coefficient (Wildman–Crippen LogP) is 2.65. The van der Waals surface area contributed by atoms with Crippen LogP contribution < -0.4 is 0 Å². The van der Waals surface area contributed by atoms with E-state index in [-0.39, 0.29) is 39.4 Å². The summed E-state index contributed by atoms with van der Waals surface area (Å²) >= 11 is 1.23. The van der Waals surface area contributed by atoms with E-state index >= 15 is 0 Å². The van der Waals surface area contributed by atoms with Crippen LogP contribution in [-0.4, -0.2) is 79.2 Å². The van der Waals surface area contributed by atoms with Gasteiger partial charge in [0.25, 0.3) is 5.91 Å². The van der Waals surface area contributed by atoms with Gasteiger partial charge in [-0.05, 0) is 45.5 Å². The van der Waals surface area contributed by atoms with Crippen LogP contribution in [0.4, 0.5) is 0 Å². The number of fused-ring (bicyclic) bond motifs is 1. The molecular weight excluding hydrogens is 458 g/mol. The van der Waals surface area contributed by atoms with E-state index in [0.717, 1.165) is 0 Å². The number of nitrogens with zero attached hydrogens (tertiary/aromatic N) is 5. The maximum Gasteiger partial charge on any atom is 0.272 e. The SMILES string of the molecule is CSc1nn2c(C)cc(C(=O)N(C)CCN(C)C)nc2c1S(=O)(=O)c1ccccc1.Cl. The van der Waals surface area contributed by atoms with Gasteiger partial charge in [-0.3, -0.25) is 4.79 Å². The fourth-order valence-electron chi connectivity index (χ4n) is 2.97. The zero-order chi connectivity index (χ0) is 22.1. The normalized spacial score (nSPS) is 11.5. The Kier molecular flexibility index (Phi) is 8.09. The van der Waals surface area contributed by atoms with Gasteiger partial charge in [-0.1, -0.05) is 18.2 Å². The molecule has 0 saturated heterocycles. The first-order valence-electron chi connectivity index (χ1n) is 9.31. The number of rotatable bonds is 7. The molecule has 0 N–H and O–H groups in total. The number of hydrogen-bond donors (Lipinski definition) is 0. The van der Waals surface area contributed by atoms with Crippen molar-refractivity contribution in [3.63, 3.8) is 0 Å². The first-order valence-corrected chi connectivity index (χ1v) is 12.0. The Bertz CT molecular complexity index is 1180. The largest absolute Gasteiger partial charge is 0.339 e. The number of halogens is 1. The number of amides is 1. The predicted molar refractivity (Wildman–Crippen MR) is 124 cm³/mol. The number of hydrogen-bond acceptors (Lipinski definition) is 7. The molecule has 0 spiro atoms. The second-order valence-electron chi connectivity index (χ2n) is 7.20. The van der Waals surface area contributed by atoms with Crippen molar-refractivity contribution in [1.82, 2.24) is 24.4 Å². The summed E-state index contributed by atoms with van der Waals surface area (Å²) in [5.41, 5.74) is 0.986. The first-order chi connectivity index (χ1) is 14.2.